The fraction of sp³-hybridized carbons (Fsp3) is 0. The van der Waals surface area contributed by atoms with Crippen LogP contribution in [0.15, 0.2) is 70.5 Å². The zero-order chi connectivity index (χ0) is 18.8. The predicted octanol–water partition coefficient (Wildman–Crippen LogP) is 4.97. The summed E-state index contributed by atoms with van der Waals surface area (Å²) in [5.41, 5.74) is 2.89. The van der Waals surface area contributed by atoms with E-state index >= 15 is 0 Å². The van der Waals surface area contributed by atoms with Crippen molar-refractivity contribution in [2.24, 2.45) is 0 Å². The normalized spacial score (nSPS) is 10.5. The molecule has 0 saturated carbocycles. The fourth-order valence-electron chi connectivity index (χ4n) is 2.68. The zero-order valence-corrected chi connectivity index (χ0v) is 15.4. The van der Waals surface area contributed by atoms with Gasteiger partial charge in [-0.05, 0) is 48.5 Å². The van der Waals surface area contributed by atoms with Crippen molar-refractivity contribution in [1.82, 2.24) is 15.0 Å². The van der Waals surface area contributed by atoms with E-state index in [9.17, 15) is 10.5 Å². The molecule has 1 heterocycles. The average molecular weight is 388 g/mol. The molecule has 0 spiro atoms. The van der Waals surface area contributed by atoms with Crippen LogP contribution in [0.25, 0.3) is 16.7 Å². The molecule has 0 fully saturated rings. The largest absolute Gasteiger partial charge is 0.212 e. The van der Waals surface area contributed by atoms with Gasteiger partial charge >= 0.3 is 0 Å². The maximum absolute atomic E-state index is 9.43. The molecular weight excluding hydrogens is 378 g/mol. The summed E-state index contributed by atoms with van der Waals surface area (Å²) in [4.78, 5) is 1.75. The van der Waals surface area contributed by atoms with E-state index in [1.165, 1.54) is 11.8 Å². The minimum atomic E-state index is 0.299. The van der Waals surface area contributed by atoms with E-state index in [-0.39, 0.29) is 0 Å². The summed E-state index contributed by atoms with van der Waals surface area (Å²) in [7, 11) is 0. The first-order valence-corrected chi connectivity index (χ1v) is 9.11. The minimum Gasteiger partial charge on any atom is -0.212 e. The second kappa shape index (κ2) is 7.13. The summed E-state index contributed by atoms with van der Waals surface area (Å²) in [6.45, 7) is 0. The number of hydrogen-bond donors (Lipinski definition) is 0. The molecular formula is C20H10ClN5S. The molecule has 0 aliphatic rings. The molecule has 7 heteroatoms. The maximum atomic E-state index is 9.43. The molecule has 0 unspecified atom stereocenters. The van der Waals surface area contributed by atoms with Gasteiger partial charge in [0, 0.05) is 14.8 Å². The van der Waals surface area contributed by atoms with E-state index in [0.717, 1.165) is 20.8 Å². The van der Waals surface area contributed by atoms with Gasteiger partial charge in [0.2, 0.25) is 0 Å². The Morgan fingerprint density at radius 2 is 1.63 bits per heavy atom. The van der Waals surface area contributed by atoms with E-state index < -0.39 is 0 Å². The summed E-state index contributed by atoms with van der Waals surface area (Å²) in [5.74, 6) is 0. The Hall–Kier alpha value is -3.32. The molecule has 5 nitrogen and oxygen atoms in total. The Balaban J connectivity index is 1.92. The van der Waals surface area contributed by atoms with Crippen molar-refractivity contribution in [2.75, 3.05) is 0 Å². The number of para-hydroxylation sites is 1. The second-order valence-electron chi connectivity index (χ2n) is 5.64. The van der Waals surface area contributed by atoms with Crippen molar-refractivity contribution < 1.29 is 0 Å². The highest BCUT2D eigenvalue weighted by Gasteiger charge is 2.16. The third kappa shape index (κ3) is 3.24. The number of fused-ring (bicyclic) bond motifs is 1. The van der Waals surface area contributed by atoms with Gasteiger partial charge < -0.3 is 0 Å². The van der Waals surface area contributed by atoms with Crippen molar-refractivity contribution >= 4 is 34.4 Å². The first-order valence-electron chi connectivity index (χ1n) is 7.92. The van der Waals surface area contributed by atoms with Crippen LogP contribution in [0.5, 0.6) is 0 Å². The molecule has 0 saturated heterocycles. The Kier molecular flexibility index (Phi) is 4.52. The van der Waals surface area contributed by atoms with Crippen molar-refractivity contribution in [3.05, 3.63) is 76.8 Å². The second-order valence-corrected chi connectivity index (χ2v) is 7.19. The number of aromatic nitrogens is 3. The molecule has 0 atom stereocenters. The molecule has 4 rings (SSSR count). The van der Waals surface area contributed by atoms with Gasteiger partial charge in [-0.2, -0.15) is 10.5 Å². The van der Waals surface area contributed by atoms with Gasteiger partial charge in [0.1, 0.15) is 17.7 Å². The quantitative estimate of drug-likeness (QED) is 0.496. The number of nitriles is 2. The monoisotopic (exact) mass is 387 g/mol. The molecule has 128 valence electrons. The first kappa shape index (κ1) is 17.1. The van der Waals surface area contributed by atoms with E-state index in [1.54, 1.807) is 16.8 Å². The molecule has 0 aliphatic heterocycles. The lowest BCUT2D eigenvalue weighted by Gasteiger charge is -2.11. The first-order chi connectivity index (χ1) is 13.2. The summed E-state index contributed by atoms with van der Waals surface area (Å²) in [6.07, 6.45) is 0. The lowest BCUT2D eigenvalue weighted by Crippen LogP contribution is -2.01. The van der Waals surface area contributed by atoms with Gasteiger partial charge in [-0.25, -0.2) is 4.68 Å². The zero-order valence-electron chi connectivity index (χ0n) is 13.8. The van der Waals surface area contributed by atoms with Crippen LogP contribution in [0.3, 0.4) is 0 Å². The molecule has 3 aromatic carbocycles. The molecule has 0 radical (unpaired) electrons. The van der Waals surface area contributed by atoms with Crippen LogP contribution in [-0.2, 0) is 0 Å². The summed E-state index contributed by atoms with van der Waals surface area (Å²) in [6, 6.07) is 22.6. The standard InChI is InChI=1S/C20H10ClN5S/c21-15-5-7-16(8-6-15)27-20-10-14(12-23)13(11-22)9-19(20)26-18-4-2-1-3-17(18)24-25-26/h1-10H. The van der Waals surface area contributed by atoms with Gasteiger partial charge in [0.05, 0.1) is 22.3 Å². The number of hydrogen-bond acceptors (Lipinski definition) is 5. The maximum Gasteiger partial charge on any atom is 0.113 e. The van der Waals surface area contributed by atoms with Gasteiger partial charge in [-0.1, -0.05) is 40.7 Å². The number of nitrogens with zero attached hydrogens (tertiary/aromatic N) is 5. The number of rotatable bonds is 3. The third-order valence-corrected chi connectivity index (χ3v) is 5.27. The SMILES string of the molecule is N#Cc1cc(Sc2ccc(Cl)cc2)c(-n2nnc3ccccc32)cc1C#N. The fourth-order valence-corrected chi connectivity index (χ4v) is 3.76. The van der Waals surface area contributed by atoms with Gasteiger partial charge in [-0.15, -0.1) is 5.10 Å². The molecule has 0 amide bonds. The minimum absolute atomic E-state index is 0.299. The summed E-state index contributed by atoms with van der Waals surface area (Å²) in [5, 5.41) is 27.9. The highest BCUT2D eigenvalue weighted by molar-refractivity contribution is 7.99. The third-order valence-electron chi connectivity index (χ3n) is 3.96. The summed E-state index contributed by atoms with van der Waals surface area (Å²) < 4.78 is 1.69. The Morgan fingerprint density at radius 1 is 0.926 bits per heavy atom. The smallest absolute Gasteiger partial charge is 0.113 e. The topological polar surface area (TPSA) is 78.3 Å². The molecule has 0 N–H and O–H groups in total. The molecule has 4 aromatic rings. The van der Waals surface area contributed by atoms with Crippen LogP contribution in [-0.4, -0.2) is 15.0 Å². The molecule has 0 bridgehead atoms. The highest BCUT2D eigenvalue weighted by atomic mass is 35.5. The molecule has 0 aliphatic carbocycles. The van der Waals surface area contributed by atoms with Crippen LogP contribution in [0.1, 0.15) is 11.1 Å². The van der Waals surface area contributed by atoms with Crippen molar-refractivity contribution in [3.8, 4) is 17.8 Å². The molecule has 1 aromatic heterocycles. The van der Waals surface area contributed by atoms with E-state index in [1.807, 2.05) is 48.5 Å². The average Bonchev–Trinajstić information content (AvgIpc) is 3.13. The van der Waals surface area contributed by atoms with Crippen molar-refractivity contribution in [3.63, 3.8) is 0 Å². The lowest BCUT2D eigenvalue weighted by atomic mass is 10.1. The van der Waals surface area contributed by atoms with Crippen molar-refractivity contribution in [1.29, 1.82) is 10.5 Å². The Morgan fingerprint density at radius 3 is 2.37 bits per heavy atom. The van der Waals surface area contributed by atoms with Gasteiger partial charge in [0.15, 0.2) is 0 Å². The van der Waals surface area contributed by atoms with E-state index in [4.69, 9.17) is 11.6 Å². The molecule has 27 heavy (non-hydrogen) atoms. The van der Waals surface area contributed by atoms with Gasteiger partial charge in [-0.3, -0.25) is 0 Å². The van der Waals surface area contributed by atoms with Crippen LogP contribution < -0.4 is 0 Å². The van der Waals surface area contributed by atoms with Crippen LogP contribution in [0.4, 0.5) is 0 Å². The number of benzene rings is 3. The van der Waals surface area contributed by atoms with Crippen LogP contribution in [0.2, 0.25) is 5.02 Å². The van der Waals surface area contributed by atoms with Crippen LogP contribution >= 0.6 is 23.4 Å². The van der Waals surface area contributed by atoms with E-state index in [2.05, 4.69) is 22.5 Å². The lowest BCUT2D eigenvalue weighted by molar-refractivity contribution is 0.811. The Bertz CT molecular complexity index is 1230. The van der Waals surface area contributed by atoms with E-state index in [0.29, 0.717) is 21.8 Å². The predicted molar refractivity (Wildman–Crippen MR) is 104 cm³/mol. The highest BCUT2D eigenvalue weighted by Crippen LogP contribution is 2.35. The Labute approximate surface area is 164 Å². The van der Waals surface area contributed by atoms with Gasteiger partial charge in [0.25, 0.3) is 0 Å². The summed E-state index contributed by atoms with van der Waals surface area (Å²) >= 11 is 7.44. The number of halogens is 1. The van der Waals surface area contributed by atoms with Crippen LogP contribution in [0, 0.1) is 22.7 Å². The van der Waals surface area contributed by atoms with Crippen molar-refractivity contribution in [2.45, 2.75) is 9.79 Å².